The van der Waals surface area contributed by atoms with Gasteiger partial charge < -0.3 is 15.2 Å². The third-order valence-corrected chi connectivity index (χ3v) is 4.54. The molecule has 1 saturated carbocycles. The Labute approximate surface area is 108 Å². The normalized spacial score (nSPS) is 27.8. The minimum atomic E-state index is 0.145. The second-order valence-corrected chi connectivity index (χ2v) is 5.80. The Hall–Kier alpha value is -1.29. The van der Waals surface area contributed by atoms with E-state index >= 15 is 0 Å². The van der Waals surface area contributed by atoms with Crippen LogP contribution in [-0.4, -0.2) is 34.5 Å². The molecule has 1 aromatic rings. The first kappa shape index (κ1) is 11.8. The molecule has 1 saturated heterocycles. The van der Waals surface area contributed by atoms with E-state index in [0.717, 1.165) is 23.7 Å². The van der Waals surface area contributed by atoms with Crippen LogP contribution < -0.4 is 5.73 Å². The SMILES string of the molecule is Cc1c(C(=O)N2C[C@H](C3CC3)[C@@H](N)C2)ccn1C. The summed E-state index contributed by atoms with van der Waals surface area (Å²) in [5.74, 6) is 1.44. The van der Waals surface area contributed by atoms with Crippen LogP contribution in [0.5, 0.6) is 0 Å². The van der Waals surface area contributed by atoms with Crippen molar-refractivity contribution < 1.29 is 4.79 Å². The second-order valence-electron chi connectivity index (χ2n) is 5.80. The molecule has 2 fully saturated rings. The first-order chi connectivity index (χ1) is 8.58. The second kappa shape index (κ2) is 4.12. The van der Waals surface area contributed by atoms with E-state index in [1.165, 1.54) is 12.8 Å². The Morgan fingerprint density at radius 1 is 1.39 bits per heavy atom. The van der Waals surface area contributed by atoms with Crippen molar-refractivity contribution in [3.8, 4) is 0 Å². The van der Waals surface area contributed by atoms with Gasteiger partial charge >= 0.3 is 0 Å². The van der Waals surface area contributed by atoms with Crippen LogP contribution in [0.4, 0.5) is 0 Å². The van der Waals surface area contributed by atoms with Crippen LogP contribution in [0.3, 0.4) is 0 Å². The zero-order chi connectivity index (χ0) is 12.9. The van der Waals surface area contributed by atoms with Gasteiger partial charge in [-0.15, -0.1) is 0 Å². The smallest absolute Gasteiger partial charge is 0.255 e. The third-order valence-electron chi connectivity index (χ3n) is 4.54. The number of amides is 1. The molecule has 2 aliphatic rings. The van der Waals surface area contributed by atoms with E-state index in [9.17, 15) is 4.79 Å². The molecule has 18 heavy (non-hydrogen) atoms. The van der Waals surface area contributed by atoms with Crippen molar-refractivity contribution in [1.82, 2.24) is 9.47 Å². The van der Waals surface area contributed by atoms with Gasteiger partial charge in [-0.2, -0.15) is 0 Å². The minimum absolute atomic E-state index is 0.145. The number of carbonyl (C=O) groups excluding carboxylic acids is 1. The van der Waals surface area contributed by atoms with Gasteiger partial charge in [0.25, 0.3) is 5.91 Å². The number of carbonyl (C=O) groups is 1. The number of aromatic nitrogens is 1. The maximum absolute atomic E-state index is 12.5. The van der Waals surface area contributed by atoms with E-state index < -0.39 is 0 Å². The lowest BCUT2D eigenvalue weighted by molar-refractivity contribution is 0.0784. The summed E-state index contributed by atoms with van der Waals surface area (Å²) in [5.41, 5.74) is 8.02. The third kappa shape index (κ3) is 1.85. The molecule has 4 heteroatoms. The standard InChI is InChI=1S/C14H21N3O/c1-9-11(5-6-16(9)2)14(18)17-7-12(10-3-4-10)13(15)8-17/h5-6,10,12-13H,3-4,7-8,15H2,1-2H3/t12-,13+/m1/s1. The van der Waals surface area contributed by atoms with Crippen molar-refractivity contribution in [2.75, 3.05) is 13.1 Å². The maximum atomic E-state index is 12.5. The predicted octanol–water partition coefficient (Wildman–Crippen LogP) is 1.14. The van der Waals surface area contributed by atoms with Crippen LogP contribution in [-0.2, 0) is 7.05 Å². The van der Waals surface area contributed by atoms with E-state index in [1.54, 1.807) is 0 Å². The summed E-state index contributed by atoms with van der Waals surface area (Å²) in [4.78, 5) is 14.4. The quantitative estimate of drug-likeness (QED) is 0.852. The summed E-state index contributed by atoms with van der Waals surface area (Å²) >= 11 is 0. The van der Waals surface area contributed by atoms with Gasteiger partial charge in [0.1, 0.15) is 0 Å². The van der Waals surface area contributed by atoms with Gasteiger partial charge in [0.05, 0.1) is 5.56 Å². The maximum Gasteiger partial charge on any atom is 0.255 e. The lowest BCUT2D eigenvalue weighted by Gasteiger charge is -2.16. The van der Waals surface area contributed by atoms with Crippen LogP contribution in [0.25, 0.3) is 0 Å². The molecule has 2 heterocycles. The summed E-state index contributed by atoms with van der Waals surface area (Å²) in [6.07, 6.45) is 4.53. The molecule has 1 aliphatic heterocycles. The highest BCUT2D eigenvalue weighted by atomic mass is 16.2. The number of likely N-dealkylation sites (tertiary alicyclic amines) is 1. The van der Waals surface area contributed by atoms with E-state index in [0.29, 0.717) is 12.5 Å². The van der Waals surface area contributed by atoms with Crippen molar-refractivity contribution in [1.29, 1.82) is 0 Å². The van der Waals surface area contributed by atoms with Crippen LogP contribution in [0.15, 0.2) is 12.3 Å². The lowest BCUT2D eigenvalue weighted by Crippen LogP contribution is -2.32. The van der Waals surface area contributed by atoms with Gasteiger partial charge in [0.2, 0.25) is 0 Å². The summed E-state index contributed by atoms with van der Waals surface area (Å²) in [6, 6.07) is 2.08. The van der Waals surface area contributed by atoms with Crippen molar-refractivity contribution in [3.05, 3.63) is 23.5 Å². The number of hydrogen-bond donors (Lipinski definition) is 1. The largest absolute Gasteiger partial charge is 0.354 e. The average Bonchev–Trinajstić information content (AvgIpc) is 3.04. The molecule has 1 aromatic heterocycles. The molecule has 0 aromatic carbocycles. The van der Waals surface area contributed by atoms with E-state index in [1.807, 2.05) is 35.7 Å². The Morgan fingerprint density at radius 2 is 2.11 bits per heavy atom. The number of nitrogens with two attached hydrogens (primary N) is 1. The van der Waals surface area contributed by atoms with Crippen molar-refractivity contribution in [2.45, 2.75) is 25.8 Å². The molecule has 0 radical (unpaired) electrons. The molecule has 0 spiro atoms. The van der Waals surface area contributed by atoms with E-state index in [4.69, 9.17) is 5.73 Å². The van der Waals surface area contributed by atoms with Gasteiger partial charge in [0.15, 0.2) is 0 Å². The molecule has 98 valence electrons. The lowest BCUT2D eigenvalue weighted by atomic mass is 9.99. The molecular weight excluding hydrogens is 226 g/mol. The highest BCUT2D eigenvalue weighted by molar-refractivity contribution is 5.95. The number of aryl methyl sites for hydroxylation is 1. The van der Waals surface area contributed by atoms with Gasteiger partial charge in [-0.3, -0.25) is 4.79 Å². The van der Waals surface area contributed by atoms with Crippen molar-refractivity contribution in [2.24, 2.45) is 24.6 Å². The van der Waals surface area contributed by atoms with Crippen molar-refractivity contribution >= 4 is 5.91 Å². The number of nitrogens with zero attached hydrogens (tertiary/aromatic N) is 2. The molecule has 1 aliphatic carbocycles. The summed E-state index contributed by atoms with van der Waals surface area (Å²) < 4.78 is 1.99. The van der Waals surface area contributed by atoms with Crippen molar-refractivity contribution in [3.63, 3.8) is 0 Å². The van der Waals surface area contributed by atoms with Gasteiger partial charge in [-0.25, -0.2) is 0 Å². The monoisotopic (exact) mass is 247 g/mol. The van der Waals surface area contributed by atoms with E-state index in [-0.39, 0.29) is 11.9 Å². The zero-order valence-corrected chi connectivity index (χ0v) is 11.1. The number of hydrogen-bond acceptors (Lipinski definition) is 2. The summed E-state index contributed by atoms with van der Waals surface area (Å²) in [6.45, 7) is 3.55. The van der Waals surface area contributed by atoms with Crippen LogP contribution in [0.2, 0.25) is 0 Å². The van der Waals surface area contributed by atoms with Crippen LogP contribution in [0.1, 0.15) is 28.9 Å². The van der Waals surface area contributed by atoms with Gasteiger partial charge in [-0.1, -0.05) is 0 Å². The summed E-state index contributed by atoms with van der Waals surface area (Å²) in [7, 11) is 1.97. The van der Waals surface area contributed by atoms with Gasteiger partial charge in [0, 0.05) is 38.1 Å². The Morgan fingerprint density at radius 3 is 2.67 bits per heavy atom. The van der Waals surface area contributed by atoms with Gasteiger partial charge in [-0.05, 0) is 37.7 Å². The highest BCUT2D eigenvalue weighted by Gasteiger charge is 2.42. The molecule has 3 rings (SSSR count). The van der Waals surface area contributed by atoms with E-state index in [2.05, 4.69) is 0 Å². The fourth-order valence-corrected chi connectivity index (χ4v) is 3.05. The fraction of sp³-hybridized carbons (Fsp3) is 0.643. The molecular formula is C14H21N3O. The highest BCUT2D eigenvalue weighted by Crippen LogP contribution is 2.41. The first-order valence-electron chi connectivity index (χ1n) is 6.74. The zero-order valence-electron chi connectivity index (χ0n) is 11.1. The minimum Gasteiger partial charge on any atom is -0.354 e. The molecule has 2 atom stereocenters. The Bertz CT molecular complexity index is 475. The Kier molecular flexibility index (Phi) is 2.70. The summed E-state index contributed by atoms with van der Waals surface area (Å²) in [5, 5.41) is 0. The first-order valence-corrected chi connectivity index (χ1v) is 6.74. The average molecular weight is 247 g/mol. The molecule has 2 N–H and O–H groups in total. The van der Waals surface area contributed by atoms with Crippen LogP contribution in [0, 0.1) is 18.8 Å². The number of rotatable bonds is 2. The molecule has 1 amide bonds. The molecule has 0 bridgehead atoms. The topological polar surface area (TPSA) is 51.3 Å². The fourth-order valence-electron chi connectivity index (χ4n) is 3.05. The predicted molar refractivity (Wildman–Crippen MR) is 70.2 cm³/mol. The Balaban J connectivity index is 1.75. The molecule has 4 nitrogen and oxygen atoms in total. The van der Waals surface area contributed by atoms with Crippen LogP contribution >= 0.6 is 0 Å². The molecule has 0 unspecified atom stereocenters.